The Kier molecular flexibility index (Phi) is 4.81. The molecule has 0 aromatic carbocycles. The molecule has 5 heteroatoms. The number of aromatic nitrogens is 3. The highest BCUT2D eigenvalue weighted by molar-refractivity contribution is 5.85. The fourth-order valence-electron chi connectivity index (χ4n) is 0.699. The quantitative estimate of drug-likeness (QED) is 0.727. The minimum atomic E-state index is 0. The Morgan fingerprint density at radius 1 is 1.64 bits per heavy atom. The molecule has 0 amide bonds. The second-order valence-electron chi connectivity index (χ2n) is 2.29. The molecule has 0 saturated carbocycles. The number of hydrogen-bond donors (Lipinski definition) is 1. The van der Waals surface area contributed by atoms with Gasteiger partial charge in [-0.1, -0.05) is 12.1 Å². The highest BCUT2D eigenvalue weighted by atomic mass is 35.5. The number of nitrogens with two attached hydrogens (primary N) is 1. The molecule has 1 heterocycles. The van der Waals surface area contributed by atoms with Crippen LogP contribution in [0.2, 0.25) is 0 Å². The number of halogens is 1. The van der Waals surface area contributed by atoms with E-state index in [4.69, 9.17) is 5.73 Å². The molecule has 1 aromatic heterocycles. The van der Waals surface area contributed by atoms with Crippen LogP contribution in [0.25, 0.3) is 0 Å². The van der Waals surface area contributed by atoms with Crippen molar-refractivity contribution >= 4 is 12.4 Å². The van der Waals surface area contributed by atoms with Crippen molar-refractivity contribution in [3.8, 4) is 0 Å². The molecule has 0 aliphatic heterocycles. The molecule has 4 nitrogen and oxygen atoms in total. The second-order valence-corrected chi connectivity index (χ2v) is 2.29. The normalized spacial score (nSPS) is 12.2. The molecule has 64 valence electrons. The third kappa shape index (κ3) is 3.34. The molecule has 0 aliphatic rings. The fourth-order valence-corrected chi connectivity index (χ4v) is 0.699. The Morgan fingerprint density at radius 2 is 2.36 bits per heavy atom. The molecule has 0 saturated heterocycles. The lowest BCUT2D eigenvalue weighted by atomic mass is 10.2. The SMILES string of the molecule is CCC(N)Cn1ccnn1.Cl. The van der Waals surface area contributed by atoms with Crippen LogP contribution < -0.4 is 5.73 Å². The van der Waals surface area contributed by atoms with Crippen LogP contribution in [-0.4, -0.2) is 21.0 Å². The molecular weight excluding hydrogens is 164 g/mol. The number of rotatable bonds is 3. The van der Waals surface area contributed by atoms with Crippen molar-refractivity contribution in [2.45, 2.75) is 25.9 Å². The van der Waals surface area contributed by atoms with Crippen LogP contribution in [0.3, 0.4) is 0 Å². The first-order valence-electron chi connectivity index (χ1n) is 3.42. The first-order chi connectivity index (χ1) is 4.83. The predicted molar refractivity (Wildman–Crippen MR) is 45.5 cm³/mol. The van der Waals surface area contributed by atoms with Crippen LogP contribution in [0.15, 0.2) is 12.4 Å². The lowest BCUT2D eigenvalue weighted by Gasteiger charge is -2.06. The molecule has 11 heavy (non-hydrogen) atoms. The van der Waals surface area contributed by atoms with Crippen LogP contribution in [0, 0.1) is 0 Å². The van der Waals surface area contributed by atoms with E-state index >= 15 is 0 Å². The lowest BCUT2D eigenvalue weighted by Crippen LogP contribution is -2.25. The highest BCUT2D eigenvalue weighted by Crippen LogP contribution is 1.89. The average Bonchev–Trinajstić information content (AvgIpc) is 2.40. The Balaban J connectivity index is 0.000001000. The van der Waals surface area contributed by atoms with E-state index < -0.39 is 0 Å². The van der Waals surface area contributed by atoms with E-state index in [2.05, 4.69) is 17.2 Å². The van der Waals surface area contributed by atoms with Gasteiger partial charge in [0.1, 0.15) is 0 Å². The molecule has 0 radical (unpaired) electrons. The zero-order chi connectivity index (χ0) is 7.40. The summed E-state index contributed by atoms with van der Waals surface area (Å²) >= 11 is 0. The second kappa shape index (κ2) is 5.09. The molecule has 1 atom stereocenters. The molecule has 0 aliphatic carbocycles. The maximum atomic E-state index is 5.68. The van der Waals surface area contributed by atoms with E-state index in [-0.39, 0.29) is 18.4 Å². The molecule has 0 spiro atoms. The summed E-state index contributed by atoms with van der Waals surface area (Å²) in [6.07, 6.45) is 4.44. The smallest absolute Gasteiger partial charge is 0.0692 e. The third-order valence-corrected chi connectivity index (χ3v) is 1.42. The largest absolute Gasteiger partial charge is 0.326 e. The summed E-state index contributed by atoms with van der Waals surface area (Å²) in [6, 6.07) is 0.196. The van der Waals surface area contributed by atoms with Crippen molar-refractivity contribution in [2.24, 2.45) is 5.73 Å². The molecule has 1 rings (SSSR count). The summed E-state index contributed by atoms with van der Waals surface area (Å²) in [7, 11) is 0. The van der Waals surface area contributed by atoms with E-state index in [1.165, 1.54) is 0 Å². The van der Waals surface area contributed by atoms with Crippen LogP contribution in [0.4, 0.5) is 0 Å². The van der Waals surface area contributed by atoms with Crippen molar-refractivity contribution < 1.29 is 0 Å². The minimum Gasteiger partial charge on any atom is -0.326 e. The van der Waals surface area contributed by atoms with Crippen molar-refractivity contribution in [3.63, 3.8) is 0 Å². The zero-order valence-electron chi connectivity index (χ0n) is 6.47. The van der Waals surface area contributed by atoms with Gasteiger partial charge in [-0.15, -0.1) is 17.5 Å². The molecule has 1 unspecified atom stereocenters. The van der Waals surface area contributed by atoms with Gasteiger partial charge in [-0.3, -0.25) is 4.68 Å². The summed E-state index contributed by atoms with van der Waals surface area (Å²) in [6.45, 7) is 2.82. The summed E-state index contributed by atoms with van der Waals surface area (Å²) in [4.78, 5) is 0. The van der Waals surface area contributed by atoms with Gasteiger partial charge < -0.3 is 5.73 Å². The van der Waals surface area contributed by atoms with E-state index in [0.717, 1.165) is 13.0 Å². The first kappa shape index (κ1) is 10.4. The fraction of sp³-hybridized carbons (Fsp3) is 0.667. The van der Waals surface area contributed by atoms with Gasteiger partial charge in [0.15, 0.2) is 0 Å². The van der Waals surface area contributed by atoms with Crippen molar-refractivity contribution in [3.05, 3.63) is 12.4 Å². The average molecular weight is 177 g/mol. The lowest BCUT2D eigenvalue weighted by molar-refractivity contribution is 0.489. The molecule has 0 bridgehead atoms. The third-order valence-electron chi connectivity index (χ3n) is 1.42. The van der Waals surface area contributed by atoms with Gasteiger partial charge >= 0.3 is 0 Å². The Hall–Kier alpha value is -0.610. The maximum Gasteiger partial charge on any atom is 0.0692 e. The Morgan fingerprint density at radius 3 is 2.82 bits per heavy atom. The zero-order valence-corrected chi connectivity index (χ0v) is 7.29. The summed E-state index contributed by atoms with van der Waals surface area (Å²) in [5.74, 6) is 0. The molecule has 2 N–H and O–H groups in total. The molecule has 1 aromatic rings. The van der Waals surface area contributed by atoms with Crippen LogP contribution in [-0.2, 0) is 6.54 Å². The number of hydrogen-bond acceptors (Lipinski definition) is 3. The topological polar surface area (TPSA) is 56.7 Å². The monoisotopic (exact) mass is 176 g/mol. The summed E-state index contributed by atoms with van der Waals surface area (Å²) < 4.78 is 1.74. The molecule has 0 fully saturated rings. The summed E-state index contributed by atoms with van der Waals surface area (Å²) in [5.41, 5.74) is 5.68. The maximum absolute atomic E-state index is 5.68. The molecular formula is C6H13ClN4. The van der Waals surface area contributed by atoms with E-state index in [1.807, 2.05) is 6.20 Å². The first-order valence-corrected chi connectivity index (χ1v) is 3.42. The van der Waals surface area contributed by atoms with E-state index in [0.29, 0.717) is 0 Å². The van der Waals surface area contributed by atoms with Gasteiger partial charge in [-0.2, -0.15) is 0 Å². The van der Waals surface area contributed by atoms with Crippen LogP contribution in [0.5, 0.6) is 0 Å². The van der Waals surface area contributed by atoms with Crippen molar-refractivity contribution in [1.82, 2.24) is 15.0 Å². The standard InChI is InChI=1S/C6H12N4.ClH/c1-2-6(7)5-10-4-3-8-9-10;/h3-4,6H,2,5,7H2,1H3;1H. The van der Waals surface area contributed by atoms with Crippen molar-refractivity contribution in [1.29, 1.82) is 0 Å². The van der Waals surface area contributed by atoms with Gasteiger partial charge in [0.2, 0.25) is 0 Å². The number of nitrogens with zero attached hydrogens (tertiary/aromatic N) is 3. The van der Waals surface area contributed by atoms with Gasteiger partial charge in [0.25, 0.3) is 0 Å². The van der Waals surface area contributed by atoms with Gasteiger partial charge in [-0.05, 0) is 6.42 Å². The highest BCUT2D eigenvalue weighted by Gasteiger charge is 1.98. The Bertz CT molecular complexity index is 175. The van der Waals surface area contributed by atoms with E-state index in [1.54, 1.807) is 10.9 Å². The summed E-state index contributed by atoms with van der Waals surface area (Å²) in [5, 5.41) is 7.46. The minimum absolute atomic E-state index is 0. The van der Waals surface area contributed by atoms with Crippen LogP contribution >= 0.6 is 12.4 Å². The van der Waals surface area contributed by atoms with Gasteiger partial charge in [0.05, 0.1) is 12.7 Å². The van der Waals surface area contributed by atoms with Crippen molar-refractivity contribution in [2.75, 3.05) is 0 Å². The van der Waals surface area contributed by atoms with E-state index in [9.17, 15) is 0 Å². The van der Waals surface area contributed by atoms with Gasteiger partial charge in [0, 0.05) is 12.2 Å². The Labute approximate surface area is 72.2 Å². The van der Waals surface area contributed by atoms with Crippen LogP contribution in [0.1, 0.15) is 13.3 Å². The predicted octanol–water partition coefficient (Wildman–Crippen LogP) is 0.437. The van der Waals surface area contributed by atoms with Gasteiger partial charge in [-0.25, -0.2) is 0 Å².